The van der Waals surface area contributed by atoms with Crippen LogP contribution in [0.25, 0.3) is 0 Å². The molecule has 0 radical (unpaired) electrons. The van der Waals surface area contributed by atoms with Crippen LogP contribution in [0.4, 0.5) is 5.69 Å². The predicted octanol–water partition coefficient (Wildman–Crippen LogP) is 1.84. The highest BCUT2D eigenvalue weighted by atomic mass is 35.5. The van der Waals surface area contributed by atoms with E-state index in [1.54, 1.807) is 54.5 Å². The van der Waals surface area contributed by atoms with Crippen LogP contribution in [-0.4, -0.2) is 50.2 Å². The maximum Gasteiger partial charge on any atom is 0.246 e. The molecule has 3 rings (SSSR count). The van der Waals surface area contributed by atoms with E-state index >= 15 is 0 Å². The molecule has 0 aromatic heterocycles. The first-order chi connectivity index (χ1) is 10.9. The quantitative estimate of drug-likeness (QED) is 0.828. The lowest BCUT2D eigenvalue weighted by atomic mass is 10.3. The summed E-state index contributed by atoms with van der Waals surface area (Å²) in [5, 5.41) is 3.83. The number of hydrogen-bond donors (Lipinski definition) is 0. The number of rotatable bonds is 4. The average molecular weight is 354 g/mol. The summed E-state index contributed by atoms with van der Waals surface area (Å²) in [6, 6.07) is 6.83. The van der Waals surface area contributed by atoms with Crippen molar-refractivity contribution in [2.24, 2.45) is 9.98 Å². The van der Waals surface area contributed by atoms with E-state index in [0.717, 1.165) is 0 Å². The first-order valence-corrected chi connectivity index (χ1v) is 8.85. The van der Waals surface area contributed by atoms with Gasteiger partial charge in [-0.05, 0) is 12.1 Å². The Hall–Kier alpha value is -1.90. The van der Waals surface area contributed by atoms with E-state index < -0.39 is 10.0 Å². The van der Waals surface area contributed by atoms with Crippen molar-refractivity contribution < 1.29 is 8.42 Å². The van der Waals surface area contributed by atoms with Gasteiger partial charge in [0.1, 0.15) is 11.6 Å². The number of aliphatic imine (C=N–C) groups is 2. The maximum atomic E-state index is 12.7. The largest absolute Gasteiger partial charge is 0.256 e. The molecular weight excluding hydrogens is 338 g/mol. The Morgan fingerprint density at radius 1 is 1.35 bits per heavy atom. The van der Waals surface area contributed by atoms with Crippen molar-refractivity contribution in [2.75, 3.05) is 25.3 Å². The zero-order chi connectivity index (χ0) is 16.6. The lowest BCUT2D eigenvalue weighted by Gasteiger charge is -2.30. The van der Waals surface area contributed by atoms with Gasteiger partial charge in [0, 0.05) is 13.6 Å². The highest BCUT2D eigenvalue weighted by Crippen LogP contribution is 2.31. The summed E-state index contributed by atoms with van der Waals surface area (Å²) in [6.07, 6.45) is 3.17. The Labute approximate surface area is 140 Å². The fourth-order valence-electron chi connectivity index (χ4n) is 2.29. The number of allylic oxidation sites excluding steroid dienone is 1. The second kappa shape index (κ2) is 5.95. The van der Waals surface area contributed by atoms with E-state index in [1.807, 2.05) is 0 Å². The van der Waals surface area contributed by atoms with E-state index in [-0.39, 0.29) is 11.6 Å². The molecule has 23 heavy (non-hydrogen) atoms. The van der Waals surface area contributed by atoms with Crippen molar-refractivity contribution in [1.82, 2.24) is 9.31 Å². The maximum absolute atomic E-state index is 12.7. The summed E-state index contributed by atoms with van der Waals surface area (Å²) in [5.74, 6) is 0.477. The Morgan fingerprint density at radius 3 is 2.83 bits per heavy atom. The number of benzene rings is 1. The van der Waals surface area contributed by atoms with Gasteiger partial charge in [0.15, 0.2) is 0 Å². The number of sulfonamides is 1. The molecule has 0 unspecified atom stereocenters. The van der Waals surface area contributed by atoms with Crippen molar-refractivity contribution in [1.29, 1.82) is 0 Å². The minimum atomic E-state index is -3.59. The summed E-state index contributed by atoms with van der Waals surface area (Å²) in [4.78, 5) is 8.66. The molecule has 2 aliphatic heterocycles. The normalized spacial score (nSPS) is 17.4. The summed E-state index contributed by atoms with van der Waals surface area (Å²) in [5.41, 5.74) is 0.532. The van der Waals surface area contributed by atoms with Crippen LogP contribution in [0, 0.1) is 0 Å². The van der Waals surface area contributed by atoms with Gasteiger partial charge in [-0.15, -0.1) is 0 Å². The van der Waals surface area contributed by atoms with Gasteiger partial charge >= 0.3 is 0 Å². The number of halogens is 1. The molecule has 0 saturated carbocycles. The van der Waals surface area contributed by atoms with Gasteiger partial charge in [0.05, 0.1) is 23.1 Å². The molecule has 1 aromatic carbocycles. The van der Waals surface area contributed by atoms with Crippen molar-refractivity contribution in [2.45, 2.75) is 11.8 Å². The number of hydrogen-bond acceptors (Lipinski definition) is 6. The monoisotopic (exact) mass is 353 g/mol. The van der Waals surface area contributed by atoms with E-state index in [9.17, 15) is 8.42 Å². The molecule has 2 heterocycles. The van der Waals surface area contributed by atoms with Crippen LogP contribution in [0.15, 0.2) is 50.4 Å². The van der Waals surface area contributed by atoms with Crippen LogP contribution in [0.2, 0.25) is 0 Å². The van der Waals surface area contributed by atoms with Crippen LogP contribution in [0.3, 0.4) is 0 Å². The summed E-state index contributed by atoms with van der Waals surface area (Å²) in [6.45, 7) is 2.45. The number of nitrogens with zero attached hydrogens (tertiary/aromatic N) is 5. The molecule has 0 saturated heterocycles. The topological polar surface area (TPSA) is 68.6 Å². The van der Waals surface area contributed by atoms with Gasteiger partial charge in [0.25, 0.3) is 0 Å². The molecule has 7 nitrogen and oxygen atoms in total. The third kappa shape index (κ3) is 2.73. The Kier molecular flexibility index (Phi) is 4.13. The van der Waals surface area contributed by atoms with Crippen LogP contribution in [0.1, 0.15) is 6.92 Å². The van der Waals surface area contributed by atoms with Crippen LogP contribution < -0.4 is 5.01 Å². The van der Waals surface area contributed by atoms with Crippen molar-refractivity contribution in [3.05, 3.63) is 35.5 Å². The lowest BCUT2D eigenvalue weighted by Crippen LogP contribution is -2.39. The number of hydrazine groups is 1. The predicted molar refractivity (Wildman–Crippen MR) is 91.0 cm³/mol. The minimum absolute atomic E-state index is 0.222. The molecule has 0 atom stereocenters. The van der Waals surface area contributed by atoms with E-state index in [4.69, 9.17) is 11.6 Å². The third-order valence-corrected chi connectivity index (χ3v) is 5.81. The molecule has 9 heteroatoms. The van der Waals surface area contributed by atoms with Gasteiger partial charge in [-0.25, -0.2) is 27.7 Å². The molecule has 0 spiro atoms. The van der Waals surface area contributed by atoms with Gasteiger partial charge < -0.3 is 0 Å². The smallest absolute Gasteiger partial charge is 0.246 e. The molecule has 0 bridgehead atoms. The number of para-hydroxylation sites is 1. The minimum Gasteiger partial charge on any atom is -0.256 e. The zero-order valence-corrected chi connectivity index (χ0v) is 14.3. The van der Waals surface area contributed by atoms with E-state index in [2.05, 4.69) is 9.98 Å². The van der Waals surface area contributed by atoms with Crippen molar-refractivity contribution in [3.63, 3.8) is 0 Å². The van der Waals surface area contributed by atoms with Gasteiger partial charge in [-0.2, -0.15) is 0 Å². The Balaban J connectivity index is 2.05. The molecule has 0 aliphatic carbocycles. The second-order valence-electron chi connectivity index (χ2n) is 5.00. The number of anilines is 1. The highest BCUT2D eigenvalue weighted by Gasteiger charge is 2.31. The van der Waals surface area contributed by atoms with Gasteiger partial charge in [0.2, 0.25) is 16.0 Å². The number of guanidine groups is 1. The van der Waals surface area contributed by atoms with E-state index in [1.165, 1.54) is 10.5 Å². The third-order valence-electron chi connectivity index (χ3n) is 3.64. The number of fused-ring (bicyclic) bond motifs is 1. The van der Waals surface area contributed by atoms with Crippen LogP contribution in [-0.2, 0) is 10.0 Å². The highest BCUT2D eigenvalue weighted by molar-refractivity contribution is 7.89. The van der Waals surface area contributed by atoms with Crippen molar-refractivity contribution >= 4 is 39.5 Å². The summed E-state index contributed by atoms with van der Waals surface area (Å²) in [7, 11) is -2.03. The average Bonchev–Trinajstić information content (AvgIpc) is 2.96. The molecular formula is C14H16ClN5O2S. The fourth-order valence-corrected chi connectivity index (χ4v) is 3.80. The van der Waals surface area contributed by atoms with Gasteiger partial charge in [-0.1, -0.05) is 30.7 Å². The first kappa shape index (κ1) is 16.0. The SMILES string of the molecule is CCN(C)S(=O)(=O)c1ccccc1N1CN=C2N=CC(Cl)=CN21. The van der Waals surface area contributed by atoms with Gasteiger partial charge in [-0.3, -0.25) is 5.01 Å². The standard InChI is InChI=1S/C14H16ClN5O2S/c1-3-18(2)23(21,22)13-7-5-4-6-12(13)20-10-17-14-16-8-11(15)9-19(14)20/h4-9H,3,10H2,1-2H3. The summed E-state index contributed by atoms with van der Waals surface area (Å²) >= 11 is 6.00. The first-order valence-electron chi connectivity index (χ1n) is 7.03. The summed E-state index contributed by atoms with van der Waals surface area (Å²) < 4.78 is 26.8. The van der Waals surface area contributed by atoms with Crippen LogP contribution >= 0.6 is 11.6 Å². The Morgan fingerprint density at radius 2 is 2.09 bits per heavy atom. The fraction of sp³-hybridized carbons (Fsp3) is 0.286. The lowest BCUT2D eigenvalue weighted by molar-refractivity contribution is 0.483. The molecule has 0 N–H and O–H groups in total. The molecule has 122 valence electrons. The van der Waals surface area contributed by atoms with Crippen LogP contribution in [0.5, 0.6) is 0 Å². The molecule has 0 amide bonds. The van der Waals surface area contributed by atoms with Crippen molar-refractivity contribution in [3.8, 4) is 0 Å². The second-order valence-corrected chi connectivity index (χ2v) is 7.45. The molecule has 0 fully saturated rings. The Bertz CT molecular complexity index is 818. The molecule has 1 aromatic rings. The molecule has 2 aliphatic rings. The zero-order valence-electron chi connectivity index (χ0n) is 12.7. The van der Waals surface area contributed by atoms with E-state index in [0.29, 0.717) is 23.2 Å².